The summed E-state index contributed by atoms with van der Waals surface area (Å²) in [5.41, 5.74) is 4.55. The van der Waals surface area contributed by atoms with Gasteiger partial charge in [-0.2, -0.15) is 0 Å². The monoisotopic (exact) mass is 316 g/mol. The minimum atomic E-state index is -0.237. The molecule has 3 aromatic rings. The Labute approximate surface area is 144 Å². The molecule has 1 heteroatoms. The van der Waals surface area contributed by atoms with Crippen LogP contribution in [0.3, 0.4) is 0 Å². The number of rotatable bonds is 5. The molecule has 1 nitrogen and oxygen atoms in total. The Morgan fingerprint density at radius 3 is 2.00 bits per heavy atom. The van der Waals surface area contributed by atoms with Gasteiger partial charge in [-0.05, 0) is 35.6 Å². The topological polar surface area (TPSA) is 20.2 Å². The normalized spacial score (nSPS) is 11.4. The molecular weight excluding hydrogens is 292 g/mol. The van der Waals surface area contributed by atoms with Gasteiger partial charge in [0.25, 0.3) is 0 Å². The lowest BCUT2D eigenvalue weighted by molar-refractivity contribution is 0.451. The molecule has 3 aromatic carbocycles. The average Bonchev–Trinajstić information content (AvgIpc) is 2.61. The van der Waals surface area contributed by atoms with Crippen molar-refractivity contribution in [1.82, 2.24) is 0 Å². The molecule has 0 spiro atoms. The Morgan fingerprint density at radius 1 is 0.708 bits per heavy atom. The van der Waals surface area contributed by atoms with Crippen molar-refractivity contribution in [3.05, 3.63) is 101 Å². The van der Waals surface area contributed by atoms with Gasteiger partial charge in [0.05, 0.1) is 0 Å². The van der Waals surface area contributed by atoms with Crippen molar-refractivity contribution in [3.63, 3.8) is 0 Å². The van der Waals surface area contributed by atoms with E-state index < -0.39 is 0 Å². The predicted molar refractivity (Wildman–Crippen MR) is 101 cm³/mol. The van der Waals surface area contributed by atoms with Crippen molar-refractivity contribution in [3.8, 4) is 5.75 Å². The second kappa shape index (κ2) is 6.92. The van der Waals surface area contributed by atoms with Crippen molar-refractivity contribution in [2.24, 2.45) is 0 Å². The second-order valence-electron chi connectivity index (χ2n) is 6.79. The molecule has 0 amide bonds. The molecule has 0 aliphatic carbocycles. The summed E-state index contributed by atoms with van der Waals surface area (Å²) in [5, 5.41) is 10.6. The summed E-state index contributed by atoms with van der Waals surface area (Å²) in [5.74, 6) is 0.384. The number of hydrogen-bond acceptors (Lipinski definition) is 1. The molecule has 0 bridgehead atoms. The van der Waals surface area contributed by atoms with E-state index in [1.54, 1.807) is 6.07 Å². The minimum Gasteiger partial charge on any atom is -0.508 e. The summed E-state index contributed by atoms with van der Waals surface area (Å²) >= 11 is 0. The van der Waals surface area contributed by atoms with Crippen LogP contribution < -0.4 is 0 Å². The van der Waals surface area contributed by atoms with Gasteiger partial charge in [0.2, 0.25) is 0 Å². The van der Waals surface area contributed by atoms with Crippen LogP contribution in [0.5, 0.6) is 5.75 Å². The van der Waals surface area contributed by atoms with Gasteiger partial charge in [0.15, 0.2) is 0 Å². The maximum atomic E-state index is 10.6. The van der Waals surface area contributed by atoms with E-state index >= 15 is 0 Å². The molecule has 0 radical (unpaired) electrons. The highest BCUT2D eigenvalue weighted by Crippen LogP contribution is 2.39. The van der Waals surface area contributed by atoms with E-state index in [2.05, 4.69) is 68.4 Å². The summed E-state index contributed by atoms with van der Waals surface area (Å²) < 4.78 is 0. The van der Waals surface area contributed by atoms with Crippen LogP contribution >= 0.6 is 0 Å². The van der Waals surface area contributed by atoms with Gasteiger partial charge in [-0.25, -0.2) is 0 Å². The van der Waals surface area contributed by atoms with Crippen LogP contribution in [-0.2, 0) is 18.3 Å². The molecule has 0 saturated carbocycles. The molecule has 3 rings (SSSR count). The Kier molecular flexibility index (Phi) is 4.71. The third-order valence-electron chi connectivity index (χ3n) is 4.78. The molecule has 122 valence electrons. The minimum absolute atomic E-state index is 0.237. The Morgan fingerprint density at radius 2 is 1.33 bits per heavy atom. The first-order chi connectivity index (χ1) is 11.6. The van der Waals surface area contributed by atoms with Crippen molar-refractivity contribution in [2.45, 2.75) is 32.1 Å². The van der Waals surface area contributed by atoms with Crippen molar-refractivity contribution in [1.29, 1.82) is 0 Å². The lowest BCUT2D eigenvalue weighted by Crippen LogP contribution is -2.21. The molecule has 0 saturated heterocycles. The molecule has 0 aromatic heterocycles. The number of hydrogen-bond donors (Lipinski definition) is 1. The maximum absolute atomic E-state index is 10.6. The first-order valence-electron chi connectivity index (χ1n) is 8.50. The van der Waals surface area contributed by atoms with Crippen LogP contribution in [0.25, 0.3) is 0 Å². The SMILES string of the molecule is CC(C)(c1ccccc1)c1c(O)cccc1CCc1ccccc1. The van der Waals surface area contributed by atoms with E-state index in [-0.39, 0.29) is 5.41 Å². The van der Waals surface area contributed by atoms with Crippen molar-refractivity contribution < 1.29 is 5.11 Å². The molecule has 0 aliphatic rings. The fraction of sp³-hybridized carbons (Fsp3) is 0.217. The van der Waals surface area contributed by atoms with Crippen LogP contribution in [0.15, 0.2) is 78.9 Å². The lowest BCUT2D eigenvalue weighted by atomic mass is 9.75. The lowest BCUT2D eigenvalue weighted by Gasteiger charge is -2.29. The Bertz CT molecular complexity index is 789. The molecule has 24 heavy (non-hydrogen) atoms. The summed E-state index contributed by atoms with van der Waals surface area (Å²) in [7, 11) is 0. The highest BCUT2D eigenvalue weighted by atomic mass is 16.3. The zero-order chi connectivity index (χ0) is 17.0. The zero-order valence-corrected chi connectivity index (χ0v) is 14.4. The number of aromatic hydroxyl groups is 1. The summed E-state index contributed by atoms with van der Waals surface area (Å²) in [6, 6.07) is 26.8. The third kappa shape index (κ3) is 3.35. The molecular formula is C23H24O. The van der Waals surface area contributed by atoms with E-state index in [1.807, 2.05) is 18.2 Å². The smallest absolute Gasteiger partial charge is 0.119 e. The second-order valence-corrected chi connectivity index (χ2v) is 6.79. The van der Waals surface area contributed by atoms with Crippen LogP contribution in [0, 0.1) is 0 Å². The molecule has 0 unspecified atom stereocenters. The first-order valence-corrected chi connectivity index (χ1v) is 8.50. The van der Waals surface area contributed by atoms with Crippen LogP contribution in [0.2, 0.25) is 0 Å². The Balaban J connectivity index is 1.96. The number of phenols is 1. The van der Waals surface area contributed by atoms with Crippen molar-refractivity contribution >= 4 is 0 Å². The van der Waals surface area contributed by atoms with Crippen LogP contribution in [0.1, 0.15) is 36.1 Å². The maximum Gasteiger partial charge on any atom is 0.119 e. The fourth-order valence-electron chi connectivity index (χ4n) is 3.44. The van der Waals surface area contributed by atoms with Gasteiger partial charge in [-0.3, -0.25) is 0 Å². The number of benzene rings is 3. The average molecular weight is 316 g/mol. The molecule has 0 heterocycles. The number of aryl methyl sites for hydroxylation is 2. The molecule has 0 atom stereocenters. The van der Waals surface area contributed by atoms with E-state index in [0.717, 1.165) is 18.4 Å². The van der Waals surface area contributed by atoms with E-state index in [0.29, 0.717) is 5.75 Å². The molecule has 1 N–H and O–H groups in total. The quantitative estimate of drug-likeness (QED) is 0.658. The first kappa shape index (κ1) is 16.3. The molecule has 0 aliphatic heterocycles. The largest absolute Gasteiger partial charge is 0.508 e. The van der Waals surface area contributed by atoms with Gasteiger partial charge < -0.3 is 5.11 Å². The predicted octanol–water partition coefficient (Wildman–Crippen LogP) is 5.50. The summed E-state index contributed by atoms with van der Waals surface area (Å²) in [6.07, 6.45) is 1.90. The highest BCUT2D eigenvalue weighted by molar-refractivity contribution is 5.50. The van der Waals surface area contributed by atoms with Gasteiger partial charge >= 0.3 is 0 Å². The summed E-state index contributed by atoms with van der Waals surface area (Å²) in [6.45, 7) is 4.37. The molecule has 0 fully saturated rings. The van der Waals surface area contributed by atoms with Gasteiger partial charge in [-0.1, -0.05) is 86.6 Å². The standard InChI is InChI=1S/C23H24O/c1-23(2,20-13-7-4-8-14-20)22-19(12-9-15-21(22)24)17-16-18-10-5-3-6-11-18/h3-15,24H,16-17H2,1-2H3. The van der Waals surface area contributed by atoms with Crippen molar-refractivity contribution in [2.75, 3.05) is 0 Å². The van der Waals surface area contributed by atoms with Crippen LogP contribution in [0.4, 0.5) is 0 Å². The Hall–Kier alpha value is -2.54. The number of phenolic OH excluding ortho intramolecular Hbond substituents is 1. The van der Waals surface area contributed by atoms with E-state index in [1.165, 1.54) is 16.7 Å². The third-order valence-corrected chi connectivity index (χ3v) is 4.78. The zero-order valence-electron chi connectivity index (χ0n) is 14.4. The van der Waals surface area contributed by atoms with Crippen LogP contribution in [-0.4, -0.2) is 5.11 Å². The van der Waals surface area contributed by atoms with E-state index in [4.69, 9.17) is 0 Å². The van der Waals surface area contributed by atoms with Gasteiger partial charge in [0, 0.05) is 11.0 Å². The highest BCUT2D eigenvalue weighted by Gasteiger charge is 2.28. The fourth-order valence-corrected chi connectivity index (χ4v) is 3.44. The van der Waals surface area contributed by atoms with Gasteiger partial charge in [-0.15, -0.1) is 0 Å². The van der Waals surface area contributed by atoms with E-state index in [9.17, 15) is 5.11 Å². The summed E-state index contributed by atoms with van der Waals surface area (Å²) in [4.78, 5) is 0. The van der Waals surface area contributed by atoms with Gasteiger partial charge in [0.1, 0.15) is 5.75 Å².